The maximum Gasteiger partial charge on any atom is 0.312 e. The fourth-order valence-corrected chi connectivity index (χ4v) is 6.70. The minimum atomic E-state index is -1.25. The number of hydrogen-bond donors (Lipinski definition) is 2. The highest BCUT2D eigenvalue weighted by atomic mass is 16.6. The normalized spacial score (nSPS) is 26.8. The van der Waals surface area contributed by atoms with Gasteiger partial charge in [-0.25, -0.2) is 0 Å². The number of amides is 3. The van der Waals surface area contributed by atoms with Gasteiger partial charge in [-0.05, 0) is 56.9 Å². The van der Waals surface area contributed by atoms with E-state index < -0.39 is 53.6 Å². The molecule has 3 fully saturated rings. The lowest BCUT2D eigenvalue weighted by Gasteiger charge is -2.39. The number of nitrogens with one attached hydrogen (secondary N) is 1. The van der Waals surface area contributed by atoms with Crippen molar-refractivity contribution in [2.24, 2.45) is 11.8 Å². The summed E-state index contributed by atoms with van der Waals surface area (Å²) in [7, 11) is 1.55. The highest BCUT2D eigenvalue weighted by molar-refractivity contribution is 6.04. The molecule has 0 saturated carbocycles. The Morgan fingerprint density at radius 2 is 1.98 bits per heavy atom. The van der Waals surface area contributed by atoms with Crippen LogP contribution in [0.25, 0.3) is 0 Å². The molecule has 1 aromatic rings. The van der Waals surface area contributed by atoms with Crippen LogP contribution in [0.15, 0.2) is 49.6 Å². The predicted molar refractivity (Wildman–Crippen MR) is 159 cm³/mol. The fourth-order valence-electron chi connectivity index (χ4n) is 6.70. The molecule has 7 atom stereocenters. The largest absolute Gasteiger partial charge is 0.497 e. The number of carbonyl (C=O) groups is 4. The lowest BCUT2D eigenvalue weighted by atomic mass is 9.70. The Kier molecular flexibility index (Phi) is 10.3. The van der Waals surface area contributed by atoms with E-state index in [9.17, 15) is 24.3 Å². The van der Waals surface area contributed by atoms with Crippen LogP contribution in [-0.4, -0.2) is 90.4 Å². The quantitative estimate of drug-likeness (QED) is 0.233. The van der Waals surface area contributed by atoms with Crippen molar-refractivity contribution in [1.82, 2.24) is 10.2 Å². The number of methoxy groups -OCH3 is 1. The van der Waals surface area contributed by atoms with Gasteiger partial charge in [-0.3, -0.25) is 19.2 Å². The first-order valence-corrected chi connectivity index (χ1v) is 14.9. The summed E-state index contributed by atoms with van der Waals surface area (Å²) in [6.45, 7) is 10.9. The molecule has 1 aromatic carbocycles. The minimum Gasteiger partial charge on any atom is -0.497 e. The third-order valence-corrected chi connectivity index (χ3v) is 8.76. The standard InChI is InChI=1S/C32H43N3O8/c1-6-9-10-25(37)33-18-20(4)42-31(40)26-24-15-16-32(43-24)27(26)29(38)35(21(8-3)19-36)28(32)30(39)34(17-7-2)22-11-13-23(41-5)14-12-22/h6-7,11-14,20-21,24,26-28,36H,1-2,8-10,15-19H2,3-5H3,(H,33,37)/t20-,21+,24-,26+,27+,28-,32+/m1/s1. The molecule has 3 heterocycles. The number of anilines is 1. The lowest BCUT2D eigenvalue weighted by molar-refractivity contribution is -0.159. The number of nitrogens with zero attached hydrogens (tertiary/aromatic N) is 2. The van der Waals surface area contributed by atoms with Crippen molar-refractivity contribution in [3.63, 3.8) is 0 Å². The van der Waals surface area contributed by atoms with E-state index in [1.54, 1.807) is 50.5 Å². The van der Waals surface area contributed by atoms with Crippen LogP contribution in [0.4, 0.5) is 5.69 Å². The molecule has 11 nitrogen and oxygen atoms in total. The van der Waals surface area contributed by atoms with Crippen LogP contribution >= 0.6 is 0 Å². The van der Waals surface area contributed by atoms with Gasteiger partial charge in [-0.2, -0.15) is 0 Å². The van der Waals surface area contributed by atoms with Gasteiger partial charge in [0.05, 0.1) is 44.2 Å². The second-order valence-corrected chi connectivity index (χ2v) is 11.4. The Morgan fingerprint density at radius 3 is 2.58 bits per heavy atom. The molecule has 43 heavy (non-hydrogen) atoms. The first kappa shape index (κ1) is 32.2. The van der Waals surface area contributed by atoms with E-state index in [0.29, 0.717) is 37.1 Å². The summed E-state index contributed by atoms with van der Waals surface area (Å²) in [4.78, 5) is 57.3. The highest BCUT2D eigenvalue weighted by Crippen LogP contribution is 2.59. The summed E-state index contributed by atoms with van der Waals surface area (Å²) in [5, 5.41) is 13.0. The van der Waals surface area contributed by atoms with Gasteiger partial charge in [0.25, 0.3) is 5.91 Å². The van der Waals surface area contributed by atoms with Crippen molar-refractivity contribution in [2.75, 3.05) is 31.7 Å². The van der Waals surface area contributed by atoms with Gasteiger partial charge >= 0.3 is 5.97 Å². The Labute approximate surface area is 252 Å². The van der Waals surface area contributed by atoms with E-state index in [2.05, 4.69) is 18.5 Å². The number of esters is 1. The van der Waals surface area contributed by atoms with E-state index in [1.807, 2.05) is 6.92 Å². The Balaban J connectivity index is 1.63. The number of likely N-dealkylation sites (tertiary alicyclic amines) is 1. The molecule has 2 N–H and O–H groups in total. The third-order valence-electron chi connectivity index (χ3n) is 8.76. The van der Waals surface area contributed by atoms with Crippen LogP contribution in [0.1, 0.15) is 46.0 Å². The van der Waals surface area contributed by atoms with Crippen molar-refractivity contribution in [3.05, 3.63) is 49.6 Å². The predicted octanol–water partition coefficient (Wildman–Crippen LogP) is 2.37. The smallest absolute Gasteiger partial charge is 0.312 e. The molecule has 11 heteroatoms. The lowest BCUT2D eigenvalue weighted by Crippen LogP contribution is -2.59. The van der Waals surface area contributed by atoms with E-state index in [1.165, 1.54) is 9.80 Å². The monoisotopic (exact) mass is 597 g/mol. The van der Waals surface area contributed by atoms with Crippen LogP contribution in [0.2, 0.25) is 0 Å². The van der Waals surface area contributed by atoms with Crippen molar-refractivity contribution in [3.8, 4) is 5.75 Å². The molecular formula is C32H43N3O8. The van der Waals surface area contributed by atoms with Crippen molar-refractivity contribution in [1.29, 1.82) is 0 Å². The molecule has 3 saturated heterocycles. The molecule has 0 radical (unpaired) electrons. The molecule has 234 valence electrons. The average Bonchev–Trinajstić information content (AvgIpc) is 3.66. The molecule has 3 aliphatic rings. The molecule has 1 spiro atoms. The van der Waals surface area contributed by atoms with Crippen molar-refractivity contribution >= 4 is 29.4 Å². The summed E-state index contributed by atoms with van der Waals surface area (Å²) in [5.41, 5.74) is -0.665. The van der Waals surface area contributed by atoms with E-state index >= 15 is 0 Å². The number of benzene rings is 1. The van der Waals surface area contributed by atoms with Crippen molar-refractivity contribution in [2.45, 2.75) is 75.8 Å². The maximum absolute atomic E-state index is 14.5. The minimum absolute atomic E-state index is 0.123. The Bertz CT molecular complexity index is 1220. The van der Waals surface area contributed by atoms with Crippen LogP contribution in [-0.2, 0) is 28.7 Å². The zero-order chi connectivity index (χ0) is 31.3. The van der Waals surface area contributed by atoms with Crippen molar-refractivity contribution < 1.29 is 38.5 Å². The summed E-state index contributed by atoms with van der Waals surface area (Å²) in [6.07, 6.45) is 4.15. The number of aliphatic hydroxyl groups is 1. The topological polar surface area (TPSA) is 135 Å². The first-order chi connectivity index (χ1) is 20.7. The molecule has 0 aliphatic carbocycles. The number of ether oxygens (including phenoxy) is 3. The van der Waals surface area contributed by atoms with Gasteiger partial charge in [0, 0.05) is 18.7 Å². The summed E-state index contributed by atoms with van der Waals surface area (Å²) in [6, 6.07) is 5.29. The number of aliphatic hydroxyl groups excluding tert-OH is 1. The molecular weight excluding hydrogens is 554 g/mol. The second kappa shape index (κ2) is 13.7. The summed E-state index contributed by atoms with van der Waals surface area (Å²) in [5.74, 6) is -2.78. The van der Waals surface area contributed by atoms with Crippen LogP contribution in [0, 0.1) is 11.8 Å². The van der Waals surface area contributed by atoms with Gasteiger partial charge < -0.3 is 34.4 Å². The Hall–Kier alpha value is -3.70. The first-order valence-electron chi connectivity index (χ1n) is 14.9. The van der Waals surface area contributed by atoms with Gasteiger partial charge in [-0.15, -0.1) is 13.2 Å². The number of fused-ring (bicyclic) bond motifs is 1. The summed E-state index contributed by atoms with van der Waals surface area (Å²) >= 11 is 0. The maximum atomic E-state index is 14.5. The molecule has 4 rings (SSSR count). The highest BCUT2D eigenvalue weighted by Gasteiger charge is 2.75. The van der Waals surface area contributed by atoms with Gasteiger partial charge in [-0.1, -0.05) is 19.1 Å². The summed E-state index contributed by atoms with van der Waals surface area (Å²) < 4.78 is 17.5. The second-order valence-electron chi connectivity index (χ2n) is 11.4. The zero-order valence-corrected chi connectivity index (χ0v) is 25.2. The third kappa shape index (κ3) is 6.05. The Morgan fingerprint density at radius 1 is 1.26 bits per heavy atom. The number of rotatable bonds is 15. The van der Waals surface area contributed by atoms with Gasteiger partial charge in [0.15, 0.2) is 0 Å². The van der Waals surface area contributed by atoms with E-state index in [-0.39, 0.29) is 37.9 Å². The molecule has 2 bridgehead atoms. The molecule has 0 unspecified atom stereocenters. The fraction of sp³-hybridized carbons (Fsp3) is 0.562. The molecule has 0 aromatic heterocycles. The van der Waals surface area contributed by atoms with Gasteiger partial charge in [0.1, 0.15) is 23.5 Å². The number of carbonyl (C=O) groups excluding carboxylic acids is 4. The van der Waals surface area contributed by atoms with Crippen LogP contribution in [0.3, 0.4) is 0 Å². The zero-order valence-electron chi connectivity index (χ0n) is 25.2. The number of hydrogen-bond acceptors (Lipinski definition) is 8. The number of allylic oxidation sites excluding steroid dienone is 1. The van der Waals surface area contributed by atoms with E-state index in [4.69, 9.17) is 14.2 Å². The molecule has 3 amide bonds. The average molecular weight is 598 g/mol. The van der Waals surface area contributed by atoms with Crippen LogP contribution in [0.5, 0.6) is 5.75 Å². The van der Waals surface area contributed by atoms with E-state index in [0.717, 1.165) is 0 Å². The van der Waals surface area contributed by atoms with Crippen LogP contribution < -0.4 is 15.0 Å². The molecule has 3 aliphatic heterocycles. The SMILES string of the molecule is C=CCCC(=O)NC[C@@H](C)OC(=O)[C@@H]1[C@H]2C(=O)N([C@@H](CC)CO)[C@H](C(=O)N(CC=C)c3ccc(OC)cc3)[C@]23CC[C@H]1O3. The van der Waals surface area contributed by atoms with Gasteiger partial charge in [0.2, 0.25) is 11.8 Å².